The quantitative estimate of drug-likeness (QED) is 0.0998. The topological polar surface area (TPSA) is 207 Å². The van der Waals surface area contributed by atoms with Crippen LogP contribution in [-0.2, 0) is 19.2 Å². The average Bonchev–Trinajstić information content (AvgIpc) is 3.91. The summed E-state index contributed by atoms with van der Waals surface area (Å²) in [5, 5.41) is 17.6. The van der Waals surface area contributed by atoms with Gasteiger partial charge in [-0.25, -0.2) is 0 Å². The number of likely N-dealkylation sites (N-methyl/N-ethyl adjacent to an activating group) is 2. The van der Waals surface area contributed by atoms with Gasteiger partial charge in [0.1, 0.15) is 23.5 Å². The fourth-order valence-corrected chi connectivity index (χ4v) is 7.09. The minimum absolute atomic E-state index is 0.167. The molecule has 2 aromatic heterocycles. The van der Waals surface area contributed by atoms with Gasteiger partial charge < -0.3 is 41.7 Å². The van der Waals surface area contributed by atoms with Gasteiger partial charge in [-0.15, -0.1) is 0 Å². The van der Waals surface area contributed by atoms with Gasteiger partial charge in [-0.2, -0.15) is 0 Å². The zero-order valence-electron chi connectivity index (χ0n) is 33.2. The summed E-state index contributed by atoms with van der Waals surface area (Å²) in [5.74, 6) is -1.48. The highest BCUT2D eigenvalue weighted by Crippen LogP contribution is 2.22. The summed E-state index contributed by atoms with van der Waals surface area (Å²) < 4.78 is 0. The summed E-state index contributed by atoms with van der Waals surface area (Å²) in [6.45, 7) is 5.13. The molecular formula is C40H60N10O6. The summed E-state index contributed by atoms with van der Waals surface area (Å²) in [7, 11) is 3.38. The van der Waals surface area contributed by atoms with Crippen LogP contribution in [0.25, 0.3) is 0 Å². The van der Waals surface area contributed by atoms with E-state index in [1.807, 2.05) is 0 Å². The normalized spacial score (nSPS) is 18.7. The van der Waals surface area contributed by atoms with Gasteiger partial charge in [-0.1, -0.05) is 37.8 Å². The Morgan fingerprint density at radius 3 is 1.41 bits per heavy atom. The van der Waals surface area contributed by atoms with E-state index in [0.717, 1.165) is 38.5 Å². The van der Waals surface area contributed by atoms with E-state index in [1.165, 1.54) is 0 Å². The fourth-order valence-electron chi connectivity index (χ4n) is 7.09. The third-order valence-corrected chi connectivity index (χ3v) is 10.7. The summed E-state index contributed by atoms with van der Waals surface area (Å²) >= 11 is 0. The number of pyridine rings is 2. The predicted molar refractivity (Wildman–Crippen MR) is 211 cm³/mol. The van der Waals surface area contributed by atoms with E-state index >= 15 is 0 Å². The molecule has 0 saturated carbocycles. The van der Waals surface area contributed by atoms with Gasteiger partial charge in [-0.3, -0.25) is 38.7 Å². The number of aromatic nitrogens is 2. The van der Waals surface area contributed by atoms with Crippen molar-refractivity contribution in [1.82, 2.24) is 51.7 Å². The Labute approximate surface area is 330 Å². The molecule has 4 heterocycles. The van der Waals surface area contributed by atoms with Gasteiger partial charge in [-0.05, 0) is 90.7 Å². The van der Waals surface area contributed by atoms with Crippen LogP contribution in [0.3, 0.4) is 0 Å². The van der Waals surface area contributed by atoms with Crippen molar-refractivity contribution >= 4 is 35.4 Å². The summed E-state index contributed by atoms with van der Waals surface area (Å²) in [6, 6.07) is 7.42. The fraction of sp³-hybridized carbons (Fsp3) is 0.600. The third-order valence-electron chi connectivity index (χ3n) is 10.7. The molecule has 2 fully saturated rings. The van der Waals surface area contributed by atoms with E-state index < -0.39 is 24.2 Å². The molecule has 0 spiro atoms. The lowest BCUT2D eigenvalue weighted by Gasteiger charge is -2.30. The molecule has 4 rings (SSSR count). The molecule has 6 atom stereocenters. The number of rotatable bonds is 21. The first-order valence-corrected chi connectivity index (χ1v) is 20.0. The Morgan fingerprint density at radius 2 is 1.05 bits per heavy atom. The first-order chi connectivity index (χ1) is 27.0. The number of likely N-dealkylation sites (tertiary alicyclic amines) is 2. The van der Waals surface area contributed by atoms with Crippen molar-refractivity contribution in [2.24, 2.45) is 0 Å². The molecule has 16 heteroatoms. The average molecular weight is 777 g/mol. The molecule has 2 aromatic rings. The maximum absolute atomic E-state index is 13.9. The molecule has 2 aliphatic heterocycles. The number of amides is 6. The third kappa shape index (κ3) is 12.8. The van der Waals surface area contributed by atoms with E-state index in [-0.39, 0.29) is 60.6 Å². The Morgan fingerprint density at radius 1 is 0.643 bits per heavy atom. The van der Waals surface area contributed by atoms with E-state index in [1.54, 1.807) is 86.5 Å². The minimum atomic E-state index is -0.729. The molecule has 306 valence electrons. The molecule has 0 aromatic carbocycles. The second-order valence-corrected chi connectivity index (χ2v) is 14.6. The van der Waals surface area contributed by atoms with E-state index in [4.69, 9.17) is 0 Å². The van der Waals surface area contributed by atoms with E-state index in [0.29, 0.717) is 50.2 Å². The van der Waals surface area contributed by atoms with Crippen molar-refractivity contribution in [2.45, 2.75) is 114 Å². The van der Waals surface area contributed by atoms with Crippen LogP contribution in [-0.4, -0.2) is 132 Å². The van der Waals surface area contributed by atoms with Gasteiger partial charge >= 0.3 is 0 Å². The zero-order chi connectivity index (χ0) is 40.5. The van der Waals surface area contributed by atoms with Crippen LogP contribution in [0.5, 0.6) is 0 Å². The molecule has 56 heavy (non-hydrogen) atoms. The van der Waals surface area contributed by atoms with Gasteiger partial charge in [0.2, 0.25) is 23.6 Å². The van der Waals surface area contributed by atoms with Gasteiger partial charge in [0, 0.05) is 50.7 Å². The molecule has 2 saturated heterocycles. The lowest BCUT2D eigenvalue weighted by molar-refractivity contribution is -0.137. The van der Waals surface area contributed by atoms with Crippen LogP contribution in [0.4, 0.5) is 0 Å². The highest BCUT2D eigenvalue weighted by molar-refractivity contribution is 5.93. The summed E-state index contributed by atoms with van der Waals surface area (Å²) in [4.78, 5) is 90.8. The molecular weight excluding hydrogens is 717 g/mol. The largest absolute Gasteiger partial charge is 0.349 e. The highest BCUT2D eigenvalue weighted by atomic mass is 16.2. The number of carbonyl (C=O) groups excluding carboxylic acids is 6. The van der Waals surface area contributed by atoms with E-state index in [2.05, 4.69) is 41.9 Å². The molecule has 6 amide bonds. The Bertz CT molecular complexity index is 1480. The zero-order valence-corrected chi connectivity index (χ0v) is 33.2. The Hall–Kier alpha value is -4.96. The predicted octanol–water partition coefficient (Wildman–Crippen LogP) is 1.14. The van der Waals surface area contributed by atoms with Gasteiger partial charge in [0.05, 0.1) is 12.1 Å². The van der Waals surface area contributed by atoms with Gasteiger partial charge in [0.25, 0.3) is 11.8 Å². The summed E-state index contributed by atoms with van der Waals surface area (Å²) in [5.41, 5.74) is 0.616. The standard InChI is InChI=1S/C40H60N10O6/c1-27(41-3)35(51)47-33(39(55)49-23-13-15-29(49)25-45-37(53)31-17-9-11-21-43-31)19-7-5-6-8-20-34(48-36(52)28(2)42-4)40(56)50-24-14-16-30(50)26-46-38(54)32-18-10-12-22-44-32/h9-12,17-18,21-22,27-30,33-34,41-42H,5-8,13-16,19-20,23-26H2,1-4H3,(H,45,53)(H,46,54)(H,47,51)(H,48,52)/t27-,28-,29-,30-,33-,34-/m0/s1. The van der Waals surface area contributed by atoms with Crippen LogP contribution in [0.15, 0.2) is 48.8 Å². The highest BCUT2D eigenvalue weighted by Gasteiger charge is 2.36. The smallest absolute Gasteiger partial charge is 0.269 e. The van der Waals surface area contributed by atoms with Crippen molar-refractivity contribution in [3.8, 4) is 0 Å². The van der Waals surface area contributed by atoms with Crippen molar-refractivity contribution in [1.29, 1.82) is 0 Å². The maximum atomic E-state index is 13.9. The maximum Gasteiger partial charge on any atom is 0.269 e. The van der Waals surface area contributed by atoms with Crippen LogP contribution < -0.4 is 31.9 Å². The summed E-state index contributed by atoms with van der Waals surface area (Å²) in [6.07, 6.45) is 9.87. The number of nitrogens with one attached hydrogen (secondary N) is 6. The minimum Gasteiger partial charge on any atom is -0.349 e. The lowest BCUT2D eigenvalue weighted by atomic mass is 10.0. The molecule has 2 aliphatic rings. The van der Waals surface area contributed by atoms with Crippen molar-refractivity contribution in [2.75, 3.05) is 40.3 Å². The number of hydrogen-bond acceptors (Lipinski definition) is 10. The molecule has 0 aliphatic carbocycles. The molecule has 16 nitrogen and oxygen atoms in total. The number of nitrogens with zero attached hydrogens (tertiary/aromatic N) is 4. The second kappa shape index (κ2) is 22.6. The molecule has 0 bridgehead atoms. The van der Waals surface area contributed by atoms with Crippen LogP contribution in [0, 0.1) is 0 Å². The molecule has 6 N–H and O–H groups in total. The Balaban J connectivity index is 1.31. The lowest BCUT2D eigenvalue weighted by Crippen LogP contribution is -2.54. The second-order valence-electron chi connectivity index (χ2n) is 14.6. The first kappa shape index (κ1) is 43.8. The van der Waals surface area contributed by atoms with E-state index in [9.17, 15) is 28.8 Å². The van der Waals surface area contributed by atoms with Crippen LogP contribution >= 0.6 is 0 Å². The van der Waals surface area contributed by atoms with Gasteiger partial charge in [0.15, 0.2) is 0 Å². The van der Waals surface area contributed by atoms with Crippen LogP contribution in [0.1, 0.15) is 99.0 Å². The number of carbonyl (C=O) groups is 6. The molecule has 0 radical (unpaired) electrons. The van der Waals surface area contributed by atoms with Crippen molar-refractivity contribution in [3.63, 3.8) is 0 Å². The monoisotopic (exact) mass is 776 g/mol. The SMILES string of the molecule is CN[C@@H](C)C(=O)N[C@@H](CCCCCC[C@H](NC(=O)[C@H](C)NC)C(=O)N1CCC[C@H]1CNC(=O)c1ccccn1)C(=O)N1CCC[C@H]1CNC(=O)c1ccccn1. The Kier molecular flexibility index (Phi) is 17.6. The van der Waals surface area contributed by atoms with Crippen LogP contribution in [0.2, 0.25) is 0 Å². The van der Waals surface area contributed by atoms with Crippen molar-refractivity contribution in [3.05, 3.63) is 60.2 Å². The number of unbranched alkanes of at least 4 members (excludes halogenated alkanes) is 3. The first-order valence-electron chi connectivity index (χ1n) is 20.0. The van der Waals surface area contributed by atoms with Crippen molar-refractivity contribution < 1.29 is 28.8 Å². The number of hydrogen-bond donors (Lipinski definition) is 6. The molecule has 0 unspecified atom stereocenters.